The molecule has 3 nitrogen and oxygen atoms in total. The van der Waals surface area contributed by atoms with Crippen LogP contribution in [0.4, 0.5) is 0 Å². The van der Waals surface area contributed by atoms with Gasteiger partial charge in [-0.1, -0.05) is 31.2 Å². The third-order valence-corrected chi connectivity index (χ3v) is 8.19. The number of rotatable bonds is 5. The van der Waals surface area contributed by atoms with E-state index in [2.05, 4.69) is 64.2 Å². The zero-order valence-electron chi connectivity index (χ0n) is 21.2. The molecule has 3 aromatic carbocycles. The van der Waals surface area contributed by atoms with Gasteiger partial charge in [0.05, 0.1) is 13.0 Å². The first-order valence-corrected chi connectivity index (χ1v) is 12.1. The van der Waals surface area contributed by atoms with Gasteiger partial charge in [-0.2, -0.15) is 0 Å². The van der Waals surface area contributed by atoms with Crippen molar-refractivity contribution in [3.05, 3.63) is 75.3 Å². The Morgan fingerprint density at radius 2 is 1.61 bits per heavy atom. The maximum atomic E-state index is 13.1. The number of fused-ring (bicyclic) bond motifs is 2. The number of carbonyl (C=O) groups is 1. The molecule has 4 rings (SSSR count). The molecule has 33 heavy (non-hydrogen) atoms. The lowest BCUT2D eigenvalue weighted by molar-refractivity contribution is -0.122. The average Bonchev–Trinajstić information content (AvgIpc) is 2.83. The van der Waals surface area contributed by atoms with Crippen LogP contribution in [0.25, 0.3) is 10.8 Å². The Labute approximate surface area is 198 Å². The van der Waals surface area contributed by atoms with Crippen LogP contribution in [0.5, 0.6) is 5.75 Å². The summed E-state index contributed by atoms with van der Waals surface area (Å²) < 4.78 is 5.32. The van der Waals surface area contributed by atoms with E-state index in [1.165, 1.54) is 27.8 Å². The summed E-state index contributed by atoms with van der Waals surface area (Å²) in [7, 11) is 1.68. The summed E-state index contributed by atoms with van der Waals surface area (Å²) in [6, 6.07) is 12.3. The molecule has 1 N–H and O–H groups in total. The Balaban J connectivity index is 1.47. The van der Waals surface area contributed by atoms with Crippen molar-refractivity contribution in [2.45, 2.75) is 66.7 Å². The predicted octanol–water partition coefficient (Wildman–Crippen LogP) is 6.50. The Morgan fingerprint density at radius 3 is 2.30 bits per heavy atom. The third-order valence-electron chi connectivity index (χ3n) is 8.19. The maximum Gasteiger partial charge on any atom is 0.227 e. The summed E-state index contributed by atoms with van der Waals surface area (Å²) >= 11 is 0. The molecule has 0 heterocycles. The van der Waals surface area contributed by atoms with Crippen molar-refractivity contribution in [1.82, 2.24) is 5.32 Å². The van der Waals surface area contributed by atoms with E-state index in [9.17, 15) is 4.79 Å². The lowest BCUT2D eigenvalue weighted by Crippen LogP contribution is -2.41. The zero-order chi connectivity index (χ0) is 23.9. The fourth-order valence-electron chi connectivity index (χ4n) is 5.38. The minimum absolute atomic E-state index is 0.0845. The summed E-state index contributed by atoms with van der Waals surface area (Å²) in [4.78, 5) is 13.1. The molecule has 0 radical (unpaired) electrons. The van der Waals surface area contributed by atoms with Gasteiger partial charge in [0.25, 0.3) is 0 Å². The van der Waals surface area contributed by atoms with Gasteiger partial charge in [-0.25, -0.2) is 0 Å². The van der Waals surface area contributed by atoms with E-state index < -0.39 is 0 Å². The molecule has 2 atom stereocenters. The molecule has 1 aliphatic rings. The molecule has 0 aliphatic heterocycles. The molecule has 1 unspecified atom stereocenters. The molecule has 174 valence electrons. The first-order chi connectivity index (χ1) is 15.6. The van der Waals surface area contributed by atoms with E-state index in [4.69, 9.17) is 4.74 Å². The molecular weight excluding hydrogens is 406 g/mol. The van der Waals surface area contributed by atoms with Gasteiger partial charge in [-0.15, -0.1) is 0 Å². The lowest BCUT2D eigenvalue weighted by Gasteiger charge is -2.38. The minimum atomic E-state index is -0.190. The number of hydrogen-bond acceptors (Lipinski definition) is 2. The van der Waals surface area contributed by atoms with Crippen LogP contribution >= 0.6 is 0 Å². The number of hydrogen-bond donors (Lipinski definition) is 1. The lowest BCUT2D eigenvalue weighted by atomic mass is 9.69. The SMILES string of the molecule is COc1ccc2cc(C(C)C(=O)NC[C@@]3(C)CCc4c(C)c(C)c(C)c(C)c4C3)ccc2c1. The number of benzene rings is 3. The molecule has 3 aromatic rings. The van der Waals surface area contributed by atoms with Gasteiger partial charge in [0.15, 0.2) is 0 Å². The highest BCUT2D eigenvalue weighted by atomic mass is 16.5. The van der Waals surface area contributed by atoms with E-state index in [1.807, 2.05) is 19.1 Å². The first-order valence-electron chi connectivity index (χ1n) is 12.1. The number of methoxy groups -OCH3 is 1. The van der Waals surface area contributed by atoms with Gasteiger partial charge in [0.1, 0.15) is 5.75 Å². The summed E-state index contributed by atoms with van der Waals surface area (Å²) in [5, 5.41) is 5.54. The van der Waals surface area contributed by atoms with Gasteiger partial charge >= 0.3 is 0 Å². The summed E-state index contributed by atoms with van der Waals surface area (Å²) in [6.45, 7) is 14.1. The highest BCUT2D eigenvalue weighted by Crippen LogP contribution is 2.40. The predicted molar refractivity (Wildman–Crippen MR) is 137 cm³/mol. The van der Waals surface area contributed by atoms with Gasteiger partial charge in [0.2, 0.25) is 5.91 Å². The molecule has 0 aromatic heterocycles. The Morgan fingerprint density at radius 1 is 0.970 bits per heavy atom. The quantitative estimate of drug-likeness (QED) is 0.489. The van der Waals surface area contributed by atoms with Crippen LogP contribution in [0.15, 0.2) is 36.4 Å². The standard InChI is InChI=1S/C30H37NO2/c1-18-19(2)21(4)28-16-30(6,13-12-27(28)20(18)3)17-31-29(32)22(5)23-8-9-25-15-26(33-7)11-10-24(25)14-23/h8-11,14-15,22H,12-13,16-17H2,1-7H3,(H,31,32)/t22?,30-/m0/s1. The van der Waals surface area contributed by atoms with Crippen LogP contribution in [0.3, 0.4) is 0 Å². The van der Waals surface area contributed by atoms with Gasteiger partial charge in [-0.05, 0) is 121 Å². The van der Waals surface area contributed by atoms with E-state index in [1.54, 1.807) is 12.7 Å². The normalized spacial score (nSPS) is 18.6. The summed E-state index contributed by atoms with van der Waals surface area (Å²) in [5.41, 5.74) is 9.93. The molecule has 0 bridgehead atoms. The van der Waals surface area contributed by atoms with Crippen LogP contribution in [0.2, 0.25) is 0 Å². The summed E-state index contributed by atoms with van der Waals surface area (Å²) in [5.74, 6) is 0.756. The molecule has 0 saturated heterocycles. The molecule has 0 spiro atoms. The molecule has 0 saturated carbocycles. The second-order valence-corrected chi connectivity index (χ2v) is 10.4. The number of carbonyl (C=O) groups excluding carboxylic acids is 1. The second-order valence-electron chi connectivity index (χ2n) is 10.4. The number of ether oxygens (including phenoxy) is 1. The second kappa shape index (κ2) is 8.85. The van der Waals surface area contributed by atoms with Crippen LogP contribution in [-0.2, 0) is 17.6 Å². The molecule has 1 aliphatic carbocycles. The first kappa shape index (κ1) is 23.4. The highest BCUT2D eigenvalue weighted by molar-refractivity contribution is 5.88. The third kappa shape index (κ3) is 4.38. The average molecular weight is 444 g/mol. The van der Waals surface area contributed by atoms with Crippen molar-refractivity contribution in [2.24, 2.45) is 5.41 Å². The zero-order valence-corrected chi connectivity index (χ0v) is 21.2. The maximum absolute atomic E-state index is 13.1. The van der Waals surface area contributed by atoms with E-state index in [0.717, 1.165) is 41.3 Å². The van der Waals surface area contributed by atoms with Crippen molar-refractivity contribution < 1.29 is 9.53 Å². The van der Waals surface area contributed by atoms with Crippen molar-refractivity contribution in [2.75, 3.05) is 13.7 Å². The van der Waals surface area contributed by atoms with E-state index in [0.29, 0.717) is 6.54 Å². The van der Waals surface area contributed by atoms with Crippen LogP contribution in [-0.4, -0.2) is 19.6 Å². The smallest absolute Gasteiger partial charge is 0.227 e. The Hall–Kier alpha value is -2.81. The molecule has 3 heteroatoms. The monoisotopic (exact) mass is 443 g/mol. The van der Waals surface area contributed by atoms with Gasteiger partial charge in [0, 0.05) is 6.54 Å². The molecule has 0 fully saturated rings. The summed E-state index contributed by atoms with van der Waals surface area (Å²) in [6.07, 6.45) is 3.23. The fourth-order valence-corrected chi connectivity index (χ4v) is 5.38. The van der Waals surface area contributed by atoms with Crippen molar-refractivity contribution >= 4 is 16.7 Å². The largest absolute Gasteiger partial charge is 0.497 e. The Kier molecular flexibility index (Phi) is 6.26. The Bertz CT molecular complexity index is 1230. The van der Waals surface area contributed by atoms with Crippen molar-refractivity contribution in [3.63, 3.8) is 0 Å². The van der Waals surface area contributed by atoms with Crippen molar-refractivity contribution in [3.8, 4) is 5.75 Å². The van der Waals surface area contributed by atoms with Crippen LogP contribution in [0.1, 0.15) is 65.1 Å². The van der Waals surface area contributed by atoms with Crippen molar-refractivity contribution in [1.29, 1.82) is 0 Å². The number of nitrogens with one attached hydrogen (secondary N) is 1. The topological polar surface area (TPSA) is 38.3 Å². The van der Waals surface area contributed by atoms with Crippen LogP contribution in [0, 0.1) is 33.1 Å². The van der Waals surface area contributed by atoms with E-state index in [-0.39, 0.29) is 17.2 Å². The highest BCUT2D eigenvalue weighted by Gasteiger charge is 2.33. The molecule has 1 amide bonds. The van der Waals surface area contributed by atoms with Crippen LogP contribution < -0.4 is 10.1 Å². The minimum Gasteiger partial charge on any atom is -0.497 e. The van der Waals surface area contributed by atoms with E-state index >= 15 is 0 Å². The number of amides is 1. The van der Waals surface area contributed by atoms with Gasteiger partial charge in [-0.3, -0.25) is 4.79 Å². The fraction of sp³-hybridized carbons (Fsp3) is 0.433. The van der Waals surface area contributed by atoms with Gasteiger partial charge < -0.3 is 10.1 Å². The molecular formula is C30H37NO2.